The maximum atomic E-state index is 13.7. The molecule has 2 aromatic rings. The lowest BCUT2D eigenvalue weighted by atomic mass is 9.85. The quantitative estimate of drug-likeness (QED) is 0.583. The van der Waals surface area contributed by atoms with Crippen molar-refractivity contribution >= 4 is 17.8 Å². The second-order valence-corrected chi connectivity index (χ2v) is 10.3. The molecule has 0 aromatic heterocycles. The summed E-state index contributed by atoms with van der Waals surface area (Å²) in [5.41, 5.74) is 1.21. The predicted octanol–water partition coefficient (Wildman–Crippen LogP) is 4.65. The Hall–Kier alpha value is -3.22. The van der Waals surface area contributed by atoms with E-state index in [0.29, 0.717) is 0 Å². The van der Waals surface area contributed by atoms with Crippen LogP contribution >= 0.6 is 0 Å². The number of nitrogens with one attached hydrogen (secondary N) is 1. The van der Waals surface area contributed by atoms with Gasteiger partial charge in [-0.25, -0.2) is 4.39 Å². The van der Waals surface area contributed by atoms with Gasteiger partial charge in [-0.2, -0.15) is 0 Å². The normalized spacial score (nSPS) is 22.1. The van der Waals surface area contributed by atoms with Gasteiger partial charge in [-0.3, -0.25) is 14.4 Å². The Balaban J connectivity index is 2.00. The van der Waals surface area contributed by atoms with Gasteiger partial charge < -0.3 is 15.0 Å². The highest BCUT2D eigenvalue weighted by atomic mass is 19.1. The Morgan fingerprint density at radius 1 is 1.03 bits per heavy atom. The number of ether oxygens (including phenoxy) is 1. The Bertz CT molecular complexity index is 1030. The van der Waals surface area contributed by atoms with Crippen molar-refractivity contribution in [2.75, 3.05) is 6.61 Å². The molecule has 7 heteroatoms. The molecule has 0 bridgehead atoms. The van der Waals surface area contributed by atoms with Crippen LogP contribution < -0.4 is 5.32 Å². The average molecular weight is 483 g/mol. The molecule has 1 heterocycles. The van der Waals surface area contributed by atoms with Crippen molar-refractivity contribution < 1.29 is 23.5 Å². The molecule has 1 aliphatic rings. The van der Waals surface area contributed by atoms with Gasteiger partial charge in [-0.05, 0) is 35.6 Å². The first kappa shape index (κ1) is 26.4. The van der Waals surface area contributed by atoms with Crippen LogP contribution in [0.5, 0.6) is 0 Å². The van der Waals surface area contributed by atoms with Crippen molar-refractivity contribution in [2.45, 2.75) is 59.7 Å². The Morgan fingerprint density at radius 3 is 2.23 bits per heavy atom. The molecule has 0 aliphatic carbocycles. The summed E-state index contributed by atoms with van der Waals surface area (Å²) >= 11 is 0. The summed E-state index contributed by atoms with van der Waals surface area (Å²) in [7, 11) is 0. The van der Waals surface area contributed by atoms with E-state index in [1.54, 1.807) is 24.0 Å². The number of rotatable bonds is 7. The summed E-state index contributed by atoms with van der Waals surface area (Å²) in [4.78, 5) is 42.0. The highest BCUT2D eigenvalue weighted by Gasteiger charge is 2.55. The highest BCUT2D eigenvalue weighted by Crippen LogP contribution is 2.46. The van der Waals surface area contributed by atoms with Crippen LogP contribution in [0.1, 0.15) is 58.2 Å². The zero-order chi connectivity index (χ0) is 25.8. The van der Waals surface area contributed by atoms with Crippen LogP contribution in [0.25, 0.3) is 0 Å². The van der Waals surface area contributed by atoms with E-state index in [0.717, 1.165) is 11.1 Å². The van der Waals surface area contributed by atoms with Crippen LogP contribution in [0.4, 0.5) is 4.39 Å². The van der Waals surface area contributed by atoms with Crippen LogP contribution in [0, 0.1) is 23.1 Å². The number of amides is 2. The molecule has 3 rings (SSSR count). The number of hydrogen-bond acceptors (Lipinski definition) is 4. The molecule has 188 valence electrons. The van der Waals surface area contributed by atoms with Gasteiger partial charge in [0.25, 0.3) is 0 Å². The van der Waals surface area contributed by atoms with Gasteiger partial charge in [0, 0.05) is 18.9 Å². The van der Waals surface area contributed by atoms with Crippen molar-refractivity contribution in [3.63, 3.8) is 0 Å². The molecule has 2 amide bonds. The first-order chi connectivity index (χ1) is 16.5. The number of halogens is 1. The molecule has 1 fully saturated rings. The zero-order valence-corrected chi connectivity index (χ0v) is 21.1. The third kappa shape index (κ3) is 6.27. The van der Waals surface area contributed by atoms with Crippen molar-refractivity contribution in [1.82, 2.24) is 10.2 Å². The number of likely N-dealkylation sites (tertiary alicyclic amines) is 1. The summed E-state index contributed by atoms with van der Waals surface area (Å²) in [5, 5.41) is 2.89. The minimum Gasteiger partial charge on any atom is -0.466 e. The monoisotopic (exact) mass is 482 g/mol. The van der Waals surface area contributed by atoms with E-state index in [1.165, 1.54) is 12.1 Å². The SMILES string of the molecule is CCOC(=O)C1C(C)C(C(=O)NCc2ccc(F)cc2)N(C(=O)CC(C)(C)C)C1c1ccccc1. The number of carbonyl (C=O) groups excluding carboxylic acids is 3. The van der Waals surface area contributed by atoms with Crippen LogP contribution in [0.2, 0.25) is 0 Å². The van der Waals surface area contributed by atoms with E-state index < -0.39 is 29.9 Å². The zero-order valence-electron chi connectivity index (χ0n) is 21.1. The Labute approximate surface area is 206 Å². The van der Waals surface area contributed by atoms with E-state index in [1.807, 2.05) is 58.0 Å². The predicted molar refractivity (Wildman–Crippen MR) is 131 cm³/mol. The van der Waals surface area contributed by atoms with E-state index in [2.05, 4.69) is 5.32 Å². The minimum absolute atomic E-state index is 0.184. The molecular formula is C28H35FN2O4. The fourth-order valence-corrected chi connectivity index (χ4v) is 4.80. The molecule has 35 heavy (non-hydrogen) atoms. The lowest BCUT2D eigenvalue weighted by Gasteiger charge is -2.33. The average Bonchev–Trinajstić information content (AvgIpc) is 3.11. The topological polar surface area (TPSA) is 75.7 Å². The van der Waals surface area contributed by atoms with Crippen molar-refractivity contribution in [3.8, 4) is 0 Å². The van der Waals surface area contributed by atoms with Gasteiger partial charge >= 0.3 is 5.97 Å². The van der Waals surface area contributed by atoms with Gasteiger partial charge in [0.2, 0.25) is 11.8 Å². The van der Waals surface area contributed by atoms with Crippen LogP contribution in [-0.2, 0) is 25.7 Å². The number of esters is 1. The highest BCUT2D eigenvalue weighted by molar-refractivity contribution is 5.91. The maximum absolute atomic E-state index is 13.7. The molecule has 0 spiro atoms. The molecule has 2 aromatic carbocycles. The Morgan fingerprint density at radius 2 is 1.66 bits per heavy atom. The van der Waals surface area contributed by atoms with E-state index >= 15 is 0 Å². The minimum atomic E-state index is -0.857. The number of nitrogens with zero attached hydrogens (tertiary/aromatic N) is 1. The first-order valence-corrected chi connectivity index (χ1v) is 12.1. The standard InChI is InChI=1S/C28H35FN2O4/c1-6-35-27(34)23-18(2)24(26(33)30-17-19-12-14-21(29)15-13-19)31(22(32)16-28(3,4)5)25(23)20-10-8-7-9-11-20/h7-15,18,23-25H,6,16-17H2,1-5H3,(H,30,33). The van der Waals surface area contributed by atoms with Crippen LogP contribution in [0.3, 0.4) is 0 Å². The molecule has 6 nitrogen and oxygen atoms in total. The first-order valence-electron chi connectivity index (χ1n) is 12.1. The Kier molecular flexibility index (Phi) is 8.30. The van der Waals surface area contributed by atoms with Gasteiger partial charge in [0.15, 0.2) is 0 Å². The van der Waals surface area contributed by atoms with E-state index in [9.17, 15) is 18.8 Å². The van der Waals surface area contributed by atoms with E-state index in [-0.39, 0.29) is 42.6 Å². The fourth-order valence-electron chi connectivity index (χ4n) is 4.80. The number of carbonyl (C=O) groups is 3. The van der Waals surface area contributed by atoms with Crippen molar-refractivity contribution in [3.05, 3.63) is 71.5 Å². The van der Waals surface area contributed by atoms with Crippen LogP contribution in [-0.4, -0.2) is 35.3 Å². The summed E-state index contributed by atoms with van der Waals surface area (Å²) in [6.07, 6.45) is 0.223. The lowest BCUT2D eigenvalue weighted by Crippen LogP contribution is -2.49. The molecule has 1 N–H and O–H groups in total. The molecular weight excluding hydrogens is 447 g/mol. The maximum Gasteiger partial charge on any atom is 0.311 e. The second-order valence-electron chi connectivity index (χ2n) is 10.3. The largest absolute Gasteiger partial charge is 0.466 e. The summed E-state index contributed by atoms with van der Waals surface area (Å²) in [5.74, 6) is -2.48. The summed E-state index contributed by atoms with van der Waals surface area (Å²) in [6, 6.07) is 13.7. The van der Waals surface area contributed by atoms with E-state index in [4.69, 9.17) is 4.74 Å². The molecule has 0 radical (unpaired) electrons. The van der Waals surface area contributed by atoms with Gasteiger partial charge in [-0.15, -0.1) is 0 Å². The molecule has 0 saturated carbocycles. The lowest BCUT2D eigenvalue weighted by molar-refractivity contribution is -0.150. The summed E-state index contributed by atoms with van der Waals surface area (Å²) in [6.45, 7) is 9.86. The smallest absolute Gasteiger partial charge is 0.311 e. The van der Waals surface area contributed by atoms with Gasteiger partial charge in [-0.1, -0.05) is 70.2 Å². The molecule has 4 atom stereocenters. The molecule has 4 unspecified atom stereocenters. The second kappa shape index (κ2) is 11.0. The third-order valence-electron chi connectivity index (χ3n) is 6.32. The van der Waals surface area contributed by atoms with Crippen molar-refractivity contribution in [1.29, 1.82) is 0 Å². The fraction of sp³-hybridized carbons (Fsp3) is 0.464. The van der Waals surface area contributed by atoms with Gasteiger partial charge in [0.05, 0.1) is 18.6 Å². The number of hydrogen-bond donors (Lipinski definition) is 1. The number of benzene rings is 2. The summed E-state index contributed by atoms with van der Waals surface area (Å²) < 4.78 is 18.7. The van der Waals surface area contributed by atoms with Crippen molar-refractivity contribution in [2.24, 2.45) is 17.3 Å². The molecule has 1 aliphatic heterocycles. The van der Waals surface area contributed by atoms with Gasteiger partial charge in [0.1, 0.15) is 11.9 Å². The molecule has 1 saturated heterocycles. The third-order valence-corrected chi connectivity index (χ3v) is 6.32. The van der Waals surface area contributed by atoms with Crippen LogP contribution in [0.15, 0.2) is 54.6 Å².